The fourth-order valence-corrected chi connectivity index (χ4v) is 3.82. The summed E-state index contributed by atoms with van der Waals surface area (Å²) in [5, 5.41) is 10.6. The van der Waals surface area contributed by atoms with Gasteiger partial charge in [0.15, 0.2) is 0 Å². The van der Waals surface area contributed by atoms with E-state index in [9.17, 15) is 9.90 Å². The van der Waals surface area contributed by atoms with Crippen molar-refractivity contribution in [3.63, 3.8) is 0 Å². The zero-order chi connectivity index (χ0) is 16.5. The zero-order valence-corrected chi connectivity index (χ0v) is 13.5. The molecule has 24 heavy (non-hydrogen) atoms. The molecular weight excluding hydrogens is 302 g/mol. The Morgan fingerprint density at radius 1 is 1.04 bits per heavy atom. The highest BCUT2D eigenvalue weighted by Gasteiger charge is 2.36. The lowest BCUT2D eigenvalue weighted by molar-refractivity contribution is 0.0255. The lowest BCUT2D eigenvalue weighted by Gasteiger charge is -2.39. The van der Waals surface area contributed by atoms with Crippen LogP contribution in [0.25, 0.3) is 0 Å². The number of carbonyl (C=O) groups is 1. The maximum atomic E-state index is 12.5. The van der Waals surface area contributed by atoms with Gasteiger partial charge < -0.3 is 10.0 Å². The third-order valence-electron chi connectivity index (χ3n) is 5.17. The molecule has 124 valence electrons. The summed E-state index contributed by atoms with van der Waals surface area (Å²) >= 11 is 0. The molecule has 0 saturated carbocycles. The number of aliphatic hydroxyl groups is 1. The third kappa shape index (κ3) is 2.70. The summed E-state index contributed by atoms with van der Waals surface area (Å²) < 4.78 is 0. The molecule has 1 aliphatic carbocycles. The molecule has 4 rings (SSSR count). The molecule has 1 aliphatic heterocycles. The summed E-state index contributed by atoms with van der Waals surface area (Å²) in [5.74, 6) is 0.0623. The molecule has 1 amide bonds. The molecule has 0 radical (unpaired) electrons. The number of nitrogens with zero attached hydrogens (tertiary/aromatic N) is 3. The number of amides is 1. The van der Waals surface area contributed by atoms with Crippen LogP contribution in [0.2, 0.25) is 0 Å². The van der Waals surface area contributed by atoms with E-state index < -0.39 is 6.10 Å². The number of pyridine rings is 1. The van der Waals surface area contributed by atoms with Crippen LogP contribution in [0, 0.1) is 0 Å². The van der Waals surface area contributed by atoms with E-state index >= 15 is 0 Å². The van der Waals surface area contributed by atoms with Crippen LogP contribution in [0.5, 0.6) is 0 Å². The molecule has 0 bridgehead atoms. The summed E-state index contributed by atoms with van der Waals surface area (Å²) in [6.45, 7) is 2.99. The summed E-state index contributed by atoms with van der Waals surface area (Å²) in [4.78, 5) is 20.7. The average molecular weight is 323 g/mol. The predicted molar refractivity (Wildman–Crippen MR) is 90.6 cm³/mol. The quantitative estimate of drug-likeness (QED) is 0.910. The molecule has 1 saturated heterocycles. The van der Waals surface area contributed by atoms with Gasteiger partial charge in [0.1, 0.15) is 0 Å². The van der Waals surface area contributed by atoms with Gasteiger partial charge in [-0.25, -0.2) is 0 Å². The Labute approximate surface area is 141 Å². The fraction of sp³-hybridized carbons (Fsp3) is 0.368. The van der Waals surface area contributed by atoms with E-state index in [1.54, 1.807) is 24.5 Å². The Kier molecular flexibility index (Phi) is 4.04. The smallest absolute Gasteiger partial charge is 0.254 e. The van der Waals surface area contributed by atoms with E-state index in [2.05, 4.69) is 16.0 Å². The Hall–Kier alpha value is -2.24. The first-order chi connectivity index (χ1) is 11.7. The second-order valence-electron chi connectivity index (χ2n) is 6.48. The van der Waals surface area contributed by atoms with Crippen LogP contribution in [0.15, 0.2) is 48.8 Å². The van der Waals surface area contributed by atoms with E-state index in [1.165, 1.54) is 5.56 Å². The maximum Gasteiger partial charge on any atom is 0.254 e. The summed E-state index contributed by atoms with van der Waals surface area (Å²) in [6, 6.07) is 11.8. The van der Waals surface area contributed by atoms with Crippen LogP contribution in [0.1, 0.15) is 27.6 Å². The fourth-order valence-electron chi connectivity index (χ4n) is 3.82. The molecule has 0 unspecified atom stereocenters. The van der Waals surface area contributed by atoms with E-state index in [0.717, 1.165) is 25.1 Å². The number of aromatic nitrogens is 1. The molecule has 5 heteroatoms. The monoisotopic (exact) mass is 323 g/mol. The molecule has 1 aromatic heterocycles. The summed E-state index contributed by atoms with van der Waals surface area (Å²) in [5.41, 5.74) is 2.98. The SMILES string of the molecule is O=C(c1ccncc1)N1CCN([C@@H]2Cc3ccccc3[C@@H]2O)CC1. The highest BCUT2D eigenvalue weighted by atomic mass is 16.3. The molecule has 2 atom stereocenters. The van der Waals surface area contributed by atoms with Gasteiger partial charge in [-0.2, -0.15) is 0 Å². The van der Waals surface area contributed by atoms with Crippen molar-refractivity contribution in [1.82, 2.24) is 14.8 Å². The molecule has 2 aromatic rings. The molecule has 0 spiro atoms. The lowest BCUT2D eigenvalue weighted by Crippen LogP contribution is -2.53. The van der Waals surface area contributed by atoms with Crippen molar-refractivity contribution >= 4 is 5.91 Å². The van der Waals surface area contributed by atoms with Crippen molar-refractivity contribution in [3.8, 4) is 0 Å². The standard InChI is InChI=1S/C19H21N3O2/c23-18-16-4-2-1-3-15(16)13-17(18)21-9-11-22(12-10-21)19(24)14-5-7-20-8-6-14/h1-8,17-18,23H,9-13H2/t17-,18+/m1/s1. The van der Waals surface area contributed by atoms with Crippen molar-refractivity contribution in [2.75, 3.05) is 26.2 Å². The second-order valence-corrected chi connectivity index (χ2v) is 6.48. The number of fused-ring (bicyclic) bond motifs is 1. The molecule has 5 nitrogen and oxygen atoms in total. The van der Waals surface area contributed by atoms with Gasteiger partial charge in [-0.15, -0.1) is 0 Å². The lowest BCUT2D eigenvalue weighted by atomic mass is 10.1. The molecule has 1 fully saturated rings. The van der Waals surface area contributed by atoms with Gasteiger partial charge in [-0.05, 0) is 29.7 Å². The van der Waals surface area contributed by atoms with Crippen LogP contribution in [-0.2, 0) is 6.42 Å². The first-order valence-electron chi connectivity index (χ1n) is 8.43. The topological polar surface area (TPSA) is 56.7 Å². The van der Waals surface area contributed by atoms with Crippen molar-refractivity contribution < 1.29 is 9.90 Å². The number of hydrogen-bond donors (Lipinski definition) is 1. The van der Waals surface area contributed by atoms with Crippen LogP contribution in [0.3, 0.4) is 0 Å². The van der Waals surface area contributed by atoms with Crippen LogP contribution < -0.4 is 0 Å². The van der Waals surface area contributed by atoms with Gasteiger partial charge in [0, 0.05) is 50.2 Å². The largest absolute Gasteiger partial charge is 0.387 e. The van der Waals surface area contributed by atoms with E-state index in [4.69, 9.17) is 0 Å². The first kappa shape index (κ1) is 15.3. The Bertz CT molecular complexity index is 726. The number of carbonyl (C=O) groups excluding carboxylic acids is 1. The van der Waals surface area contributed by atoms with Gasteiger partial charge in [0.2, 0.25) is 0 Å². The van der Waals surface area contributed by atoms with Crippen LogP contribution >= 0.6 is 0 Å². The van der Waals surface area contributed by atoms with Crippen molar-refractivity contribution in [2.24, 2.45) is 0 Å². The minimum Gasteiger partial charge on any atom is -0.387 e. The van der Waals surface area contributed by atoms with Gasteiger partial charge in [-0.1, -0.05) is 24.3 Å². The molecule has 2 aliphatic rings. The minimum atomic E-state index is -0.427. The number of hydrogen-bond acceptors (Lipinski definition) is 4. The van der Waals surface area contributed by atoms with Crippen LogP contribution in [0.4, 0.5) is 0 Å². The second kappa shape index (κ2) is 6.34. The molecule has 1 N–H and O–H groups in total. The first-order valence-corrected chi connectivity index (χ1v) is 8.43. The van der Waals surface area contributed by atoms with Crippen molar-refractivity contribution in [2.45, 2.75) is 18.6 Å². The minimum absolute atomic E-state index is 0.0623. The Morgan fingerprint density at radius 2 is 1.75 bits per heavy atom. The van der Waals surface area contributed by atoms with Gasteiger partial charge in [-0.3, -0.25) is 14.7 Å². The Balaban J connectivity index is 1.40. The molecule has 1 aromatic carbocycles. The number of aliphatic hydroxyl groups excluding tert-OH is 1. The highest BCUT2D eigenvalue weighted by molar-refractivity contribution is 5.94. The number of benzene rings is 1. The zero-order valence-electron chi connectivity index (χ0n) is 13.5. The van der Waals surface area contributed by atoms with E-state index in [1.807, 2.05) is 23.1 Å². The number of rotatable bonds is 2. The van der Waals surface area contributed by atoms with Gasteiger partial charge in [0.25, 0.3) is 5.91 Å². The van der Waals surface area contributed by atoms with Crippen LogP contribution in [-0.4, -0.2) is 58.0 Å². The van der Waals surface area contributed by atoms with Gasteiger partial charge >= 0.3 is 0 Å². The summed E-state index contributed by atoms with van der Waals surface area (Å²) in [7, 11) is 0. The maximum absolute atomic E-state index is 12.5. The van der Waals surface area contributed by atoms with Gasteiger partial charge in [0.05, 0.1) is 6.10 Å². The predicted octanol–water partition coefficient (Wildman–Crippen LogP) is 1.50. The van der Waals surface area contributed by atoms with Crippen molar-refractivity contribution in [3.05, 3.63) is 65.5 Å². The number of piperazine rings is 1. The van der Waals surface area contributed by atoms with E-state index in [-0.39, 0.29) is 11.9 Å². The highest BCUT2D eigenvalue weighted by Crippen LogP contribution is 2.34. The molecular formula is C19H21N3O2. The normalized spacial score (nSPS) is 24.0. The average Bonchev–Trinajstić information content (AvgIpc) is 2.99. The van der Waals surface area contributed by atoms with Crippen molar-refractivity contribution in [1.29, 1.82) is 0 Å². The van der Waals surface area contributed by atoms with E-state index in [0.29, 0.717) is 18.7 Å². The summed E-state index contributed by atoms with van der Waals surface area (Å²) in [6.07, 6.45) is 3.75. The third-order valence-corrected chi connectivity index (χ3v) is 5.17. The Morgan fingerprint density at radius 3 is 2.46 bits per heavy atom. The molecule has 2 heterocycles.